The smallest absolute Gasteiger partial charge is 0.251 e. The molecule has 0 amide bonds. The Morgan fingerprint density at radius 3 is 2.52 bits per heavy atom. The van der Waals surface area contributed by atoms with Crippen molar-refractivity contribution in [2.24, 2.45) is 0 Å². The molecule has 0 aromatic carbocycles. The maximum atomic E-state index is 13.4. The van der Waals surface area contributed by atoms with Gasteiger partial charge in [0.15, 0.2) is 0 Å². The van der Waals surface area contributed by atoms with Crippen LogP contribution in [0.1, 0.15) is 18.4 Å². The van der Waals surface area contributed by atoms with Crippen LogP contribution in [0.3, 0.4) is 0 Å². The van der Waals surface area contributed by atoms with Crippen molar-refractivity contribution in [3.05, 3.63) is 42.0 Å². The third-order valence-corrected chi connectivity index (χ3v) is 4.34. The second-order valence-electron chi connectivity index (χ2n) is 5.60. The molecule has 0 spiro atoms. The van der Waals surface area contributed by atoms with Crippen LogP contribution in [-0.2, 0) is 5.41 Å². The van der Waals surface area contributed by atoms with Gasteiger partial charge >= 0.3 is 0 Å². The molecule has 2 atom stereocenters. The van der Waals surface area contributed by atoms with Gasteiger partial charge in [-0.05, 0) is 24.5 Å². The highest BCUT2D eigenvalue weighted by Gasteiger charge is 2.48. The lowest BCUT2D eigenvalue weighted by molar-refractivity contribution is 0.0381. The number of hydrogen-bond acceptors (Lipinski definition) is 3. The number of halogens is 3. The lowest BCUT2D eigenvalue weighted by atomic mass is 9.71. The van der Waals surface area contributed by atoms with E-state index in [0.717, 1.165) is 6.20 Å². The van der Waals surface area contributed by atoms with Crippen LogP contribution in [0.4, 0.5) is 13.2 Å². The van der Waals surface area contributed by atoms with Crippen molar-refractivity contribution in [2.45, 2.75) is 36.8 Å². The van der Waals surface area contributed by atoms with Crippen molar-refractivity contribution >= 4 is 0 Å². The average molecular weight is 293 g/mol. The zero-order valence-corrected chi connectivity index (χ0v) is 11.2. The van der Waals surface area contributed by atoms with Crippen molar-refractivity contribution in [1.82, 2.24) is 9.88 Å². The van der Waals surface area contributed by atoms with Gasteiger partial charge in [-0.1, -0.05) is 12.2 Å². The molecule has 1 aromatic rings. The summed E-state index contributed by atoms with van der Waals surface area (Å²) in [5, 5.41) is 9.62. The minimum atomic E-state index is -2.40. The number of rotatable bonds is 3. The Hall–Kier alpha value is -1.87. The molecule has 2 unspecified atom stereocenters. The average Bonchev–Trinajstić information content (AvgIpc) is 2.70. The van der Waals surface area contributed by atoms with Crippen LogP contribution in [0.15, 0.2) is 30.6 Å². The quantitative estimate of drug-likeness (QED) is 0.804. The zero-order valence-electron chi connectivity index (χ0n) is 11.2. The van der Waals surface area contributed by atoms with E-state index in [1.54, 1.807) is 4.90 Å². The second kappa shape index (κ2) is 5.15. The largest absolute Gasteiger partial charge is 0.285 e. The van der Waals surface area contributed by atoms with Crippen LogP contribution in [0.5, 0.6) is 0 Å². The number of hydrogen-bond donors (Lipinski definition) is 0. The first-order valence-electron chi connectivity index (χ1n) is 6.78. The fraction of sp³-hybridized carbons (Fsp3) is 0.467. The molecule has 0 N–H and O–H groups in total. The molecular formula is C15H14F3N3. The summed E-state index contributed by atoms with van der Waals surface area (Å²) in [6, 6.07) is 3.18. The number of aromatic nitrogens is 1. The first kappa shape index (κ1) is 14.1. The highest BCUT2D eigenvalue weighted by Crippen LogP contribution is 2.44. The first-order chi connectivity index (χ1) is 10.0. The lowest BCUT2D eigenvalue weighted by Gasteiger charge is -2.43. The Kier molecular flexibility index (Phi) is 3.46. The Balaban J connectivity index is 1.90. The van der Waals surface area contributed by atoms with Gasteiger partial charge in [0.1, 0.15) is 5.82 Å². The predicted molar refractivity (Wildman–Crippen MR) is 70.1 cm³/mol. The van der Waals surface area contributed by atoms with Crippen LogP contribution in [0, 0.1) is 17.1 Å². The number of fused-ring (bicyclic) bond motifs is 2. The summed E-state index contributed by atoms with van der Waals surface area (Å²) in [7, 11) is 0. The van der Waals surface area contributed by atoms with E-state index >= 15 is 0 Å². The van der Waals surface area contributed by atoms with Gasteiger partial charge in [-0.15, -0.1) is 0 Å². The molecule has 0 radical (unpaired) electrons. The number of piperidine rings is 1. The SMILES string of the molecule is N#CC1(c2cncc(F)c2)CC2C=CC(C1)N2CC(F)F. The van der Waals surface area contributed by atoms with E-state index in [9.17, 15) is 18.4 Å². The molecule has 3 heterocycles. The van der Waals surface area contributed by atoms with E-state index < -0.39 is 17.7 Å². The van der Waals surface area contributed by atoms with Gasteiger partial charge in [0, 0.05) is 18.3 Å². The van der Waals surface area contributed by atoms with E-state index in [1.165, 1.54) is 12.3 Å². The Morgan fingerprint density at radius 2 is 2.00 bits per heavy atom. The number of nitriles is 1. The molecule has 3 rings (SSSR count). The van der Waals surface area contributed by atoms with Gasteiger partial charge < -0.3 is 0 Å². The van der Waals surface area contributed by atoms with E-state index in [0.29, 0.717) is 18.4 Å². The van der Waals surface area contributed by atoms with Crippen LogP contribution in [0.2, 0.25) is 0 Å². The van der Waals surface area contributed by atoms with Crippen molar-refractivity contribution < 1.29 is 13.2 Å². The minimum Gasteiger partial charge on any atom is -0.285 e. The van der Waals surface area contributed by atoms with E-state index in [-0.39, 0.29) is 18.6 Å². The van der Waals surface area contributed by atoms with Gasteiger partial charge in [-0.2, -0.15) is 5.26 Å². The highest BCUT2D eigenvalue weighted by atomic mass is 19.3. The van der Waals surface area contributed by atoms with Crippen molar-refractivity contribution in [3.63, 3.8) is 0 Å². The van der Waals surface area contributed by atoms with Crippen molar-refractivity contribution in [2.75, 3.05) is 6.54 Å². The lowest BCUT2D eigenvalue weighted by Crippen LogP contribution is -2.51. The summed E-state index contributed by atoms with van der Waals surface area (Å²) in [6.45, 7) is -0.300. The molecule has 2 aliphatic rings. The van der Waals surface area contributed by atoms with Gasteiger partial charge in [-0.25, -0.2) is 13.2 Å². The molecule has 1 aromatic heterocycles. The molecule has 3 nitrogen and oxygen atoms in total. The molecule has 21 heavy (non-hydrogen) atoms. The summed E-state index contributed by atoms with van der Waals surface area (Å²) in [5.41, 5.74) is -0.340. The molecule has 2 bridgehead atoms. The van der Waals surface area contributed by atoms with Crippen molar-refractivity contribution in [1.29, 1.82) is 5.26 Å². The summed E-state index contributed by atoms with van der Waals surface area (Å²) >= 11 is 0. The topological polar surface area (TPSA) is 39.9 Å². The Bertz CT molecular complexity index is 592. The maximum absolute atomic E-state index is 13.4. The molecular weight excluding hydrogens is 279 g/mol. The van der Waals surface area contributed by atoms with Gasteiger partial charge in [0.05, 0.1) is 24.2 Å². The molecule has 110 valence electrons. The fourth-order valence-electron chi connectivity index (χ4n) is 3.39. The van der Waals surface area contributed by atoms with Crippen LogP contribution < -0.4 is 0 Å². The molecule has 0 saturated carbocycles. The molecule has 6 heteroatoms. The normalized spacial score (nSPS) is 31.6. The van der Waals surface area contributed by atoms with Crippen LogP contribution in [0.25, 0.3) is 0 Å². The summed E-state index contributed by atoms with van der Waals surface area (Å²) in [5.74, 6) is -0.488. The third-order valence-electron chi connectivity index (χ3n) is 4.34. The molecule has 1 saturated heterocycles. The standard InChI is InChI=1S/C15H14F3N3/c16-11-3-10(6-20-7-11)15(9-19)4-12-1-2-13(5-15)21(12)8-14(17)18/h1-3,6-7,12-14H,4-5,8H2. The van der Waals surface area contributed by atoms with Gasteiger partial charge in [0.2, 0.25) is 0 Å². The van der Waals surface area contributed by atoms with Crippen molar-refractivity contribution in [3.8, 4) is 6.07 Å². The zero-order chi connectivity index (χ0) is 15.0. The molecule has 1 fully saturated rings. The minimum absolute atomic E-state index is 0.208. The Morgan fingerprint density at radius 1 is 1.33 bits per heavy atom. The first-order valence-corrected chi connectivity index (χ1v) is 6.78. The summed E-state index contributed by atoms with van der Waals surface area (Å²) < 4.78 is 38.7. The van der Waals surface area contributed by atoms with Crippen LogP contribution >= 0.6 is 0 Å². The highest BCUT2D eigenvalue weighted by molar-refractivity contribution is 5.36. The number of alkyl halides is 2. The monoisotopic (exact) mass is 293 g/mol. The number of pyridine rings is 1. The van der Waals surface area contributed by atoms with E-state index in [2.05, 4.69) is 11.1 Å². The maximum Gasteiger partial charge on any atom is 0.251 e. The van der Waals surface area contributed by atoms with E-state index in [4.69, 9.17) is 0 Å². The number of nitrogens with zero attached hydrogens (tertiary/aromatic N) is 3. The van der Waals surface area contributed by atoms with E-state index in [1.807, 2.05) is 12.2 Å². The Labute approximate surface area is 120 Å². The summed E-state index contributed by atoms with van der Waals surface area (Å²) in [4.78, 5) is 5.53. The van der Waals surface area contributed by atoms with Gasteiger partial charge in [0.25, 0.3) is 6.43 Å². The molecule has 2 aliphatic heterocycles. The van der Waals surface area contributed by atoms with Crippen LogP contribution in [-0.4, -0.2) is 34.9 Å². The predicted octanol–water partition coefficient (Wildman–Crippen LogP) is 2.65. The fourth-order valence-corrected chi connectivity index (χ4v) is 3.39. The second-order valence-corrected chi connectivity index (χ2v) is 5.60. The summed E-state index contributed by atoms with van der Waals surface area (Å²) in [6.07, 6.45) is 4.70. The molecule has 0 aliphatic carbocycles. The third kappa shape index (κ3) is 2.42. The van der Waals surface area contributed by atoms with Gasteiger partial charge in [-0.3, -0.25) is 9.88 Å².